The molecule has 2 heterocycles. The lowest BCUT2D eigenvalue weighted by molar-refractivity contribution is -0.134. The fourth-order valence-electron chi connectivity index (χ4n) is 3.19. The predicted molar refractivity (Wildman–Crippen MR) is 79.8 cm³/mol. The molecule has 3 atom stereocenters. The first-order valence-electron chi connectivity index (χ1n) is 7.74. The number of aliphatic hydroxyl groups is 1. The fourth-order valence-corrected chi connectivity index (χ4v) is 3.19. The van der Waals surface area contributed by atoms with Crippen LogP contribution in [0.4, 0.5) is 0 Å². The molecule has 1 saturated heterocycles. The molecule has 5 heteroatoms. The smallest absolute Gasteiger partial charge is 0.226 e. The number of carbonyl (C=O) groups is 1. The van der Waals surface area contributed by atoms with Gasteiger partial charge in [0.15, 0.2) is 0 Å². The highest BCUT2D eigenvalue weighted by molar-refractivity contribution is 5.83. The van der Waals surface area contributed by atoms with Crippen LogP contribution in [0.1, 0.15) is 24.8 Å². The summed E-state index contributed by atoms with van der Waals surface area (Å²) in [6, 6.07) is 4.00. The predicted octanol–water partition coefficient (Wildman–Crippen LogP) is 0.710. The van der Waals surface area contributed by atoms with E-state index in [4.69, 9.17) is 0 Å². The van der Waals surface area contributed by atoms with Crippen LogP contribution in [0.15, 0.2) is 24.5 Å². The third kappa shape index (κ3) is 3.41. The van der Waals surface area contributed by atoms with E-state index in [1.54, 1.807) is 13.1 Å². The molecule has 1 aliphatic heterocycles. The largest absolute Gasteiger partial charge is 0.392 e. The molecule has 1 saturated carbocycles. The van der Waals surface area contributed by atoms with E-state index in [1.165, 1.54) is 5.56 Å². The van der Waals surface area contributed by atoms with Crippen LogP contribution in [0.25, 0.3) is 0 Å². The highest BCUT2D eigenvalue weighted by atomic mass is 16.3. The van der Waals surface area contributed by atoms with Crippen LogP contribution >= 0.6 is 0 Å². The van der Waals surface area contributed by atoms with E-state index in [0.29, 0.717) is 18.4 Å². The first kappa shape index (κ1) is 14.5. The minimum atomic E-state index is -0.300. The van der Waals surface area contributed by atoms with Crippen molar-refractivity contribution in [2.45, 2.75) is 25.4 Å². The topological polar surface area (TPSA) is 56.7 Å². The van der Waals surface area contributed by atoms with Crippen molar-refractivity contribution >= 4 is 5.91 Å². The molecule has 21 heavy (non-hydrogen) atoms. The van der Waals surface area contributed by atoms with Gasteiger partial charge in [-0.25, -0.2) is 0 Å². The van der Waals surface area contributed by atoms with Crippen LogP contribution < -0.4 is 0 Å². The van der Waals surface area contributed by atoms with E-state index < -0.39 is 0 Å². The molecule has 1 aromatic rings. The molecule has 0 spiro atoms. The van der Waals surface area contributed by atoms with Gasteiger partial charge < -0.3 is 10.0 Å². The molecule has 5 nitrogen and oxygen atoms in total. The van der Waals surface area contributed by atoms with Crippen LogP contribution in [0.2, 0.25) is 0 Å². The van der Waals surface area contributed by atoms with Crippen molar-refractivity contribution in [3.8, 4) is 0 Å². The SMILES string of the molecule is C[C@H](O)CN1CCN(C(=O)[C@@H]2C[C@H]2c2cccnc2)CC1. The average Bonchev–Trinajstić information content (AvgIpc) is 3.28. The standard InChI is InChI=1S/C16H23N3O2/c1-12(20)11-18-5-7-19(8-6-18)16(21)15-9-14(15)13-3-2-4-17-10-13/h2-4,10,12,14-15,20H,5-9,11H2,1H3/t12-,14-,15+/m0/s1. The van der Waals surface area contributed by atoms with Gasteiger partial charge in [0.1, 0.15) is 0 Å². The number of carbonyl (C=O) groups excluding carboxylic acids is 1. The van der Waals surface area contributed by atoms with Gasteiger partial charge in [-0.15, -0.1) is 0 Å². The molecule has 1 aliphatic carbocycles. The Morgan fingerprint density at radius 3 is 2.81 bits per heavy atom. The van der Waals surface area contributed by atoms with Gasteiger partial charge in [-0.05, 0) is 30.9 Å². The molecule has 2 aliphatic rings. The molecule has 1 aromatic heterocycles. The van der Waals surface area contributed by atoms with Crippen LogP contribution in [0, 0.1) is 5.92 Å². The normalized spacial score (nSPS) is 27.4. The van der Waals surface area contributed by atoms with Crippen LogP contribution in [0.5, 0.6) is 0 Å². The molecule has 1 N–H and O–H groups in total. The number of piperazine rings is 1. The second kappa shape index (κ2) is 6.12. The Balaban J connectivity index is 1.50. The summed E-state index contributed by atoms with van der Waals surface area (Å²) in [7, 11) is 0. The molecule has 0 radical (unpaired) electrons. The number of β-amino-alcohol motifs (C(OH)–C–C–N with tert-alkyl or cyclic N) is 1. The number of hydrogen-bond donors (Lipinski definition) is 1. The van der Waals surface area contributed by atoms with Crippen LogP contribution in [-0.4, -0.2) is 64.6 Å². The van der Waals surface area contributed by atoms with Gasteiger partial charge >= 0.3 is 0 Å². The number of hydrogen-bond acceptors (Lipinski definition) is 4. The molecule has 2 fully saturated rings. The van der Waals surface area contributed by atoms with Gasteiger partial charge in [0, 0.05) is 51.0 Å². The molecule has 3 rings (SSSR count). The van der Waals surface area contributed by atoms with E-state index in [1.807, 2.05) is 17.2 Å². The van der Waals surface area contributed by atoms with Crippen molar-refractivity contribution in [2.75, 3.05) is 32.7 Å². The lowest BCUT2D eigenvalue weighted by Gasteiger charge is -2.35. The average molecular weight is 289 g/mol. The highest BCUT2D eigenvalue weighted by Gasteiger charge is 2.46. The Morgan fingerprint density at radius 1 is 1.43 bits per heavy atom. The van der Waals surface area contributed by atoms with E-state index in [0.717, 1.165) is 32.6 Å². The summed E-state index contributed by atoms with van der Waals surface area (Å²) < 4.78 is 0. The van der Waals surface area contributed by atoms with Crippen molar-refractivity contribution in [1.29, 1.82) is 0 Å². The van der Waals surface area contributed by atoms with Gasteiger partial charge in [0.2, 0.25) is 5.91 Å². The minimum absolute atomic E-state index is 0.150. The van der Waals surface area contributed by atoms with Crippen LogP contribution in [0.3, 0.4) is 0 Å². The Labute approximate surface area is 125 Å². The Kier molecular flexibility index (Phi) is 4.22. The van der Waals surface area contributed by atoms with Crippen molar-refractivity contribution in [3.05, 3.63) is 30.1 Å². The number of rotatable bonds is 4. The second-order valence-corrected chi connectivity index (χ2v) is 6.21. The Hall–Kier alpha value is -1.46. The number of nitrogens with zero attached hydrogens (tertiary/aromatic N) is 3. The summed E-state index contributed by atoms with van der Waals surface area (Å²) in [5.74, 6) is 0.805. The zero-order valence-corrected chi connectivity index (χ0v) is 12.5. The maximum absolute atomic E-state index is 12.5. The maximum Gasteiger partial charge on any atom is 0.226 e. The Morgan fingerprint density at radius 2 is 2.19 bits per heavy atom. The summed E-state index contributed by atoms with van der Waals surface area (Å²) in [6.45, 7) is 5.79. The van der Waals surface area contributed by atoms with Gasteiger partial charge in [-0.3, -0.25) is 14.7 Å². The summed E-state index contributed by atoms with van der Waals surface area (Å²) in [5.41, 5.74) is 1.18. The third-order valence-electron chi connectivity index (χ3n) is 4.43. The number of aliphatic hydroxyl groups excluding tert-OH is 1. The zero-order valence-electron chi connectivity index (χ0n) is 12.5. The second-order valence-electron chi connectivity index (χ2n) is 6.21. The number of pyridine rings is 1. The molecule has 114 valence electrons. The van der Waals surface area contributed by atoms with Gasteiger partial charge in [-0.1, -0.05) is 6.07 Å². The minimum Gasteiger partial charge on any atom is -0.392 e. The first-order valence-corrected chi connectivity index (χ1v) is 7.74. The van der Waals surface area contributed by atoms with E-state index in [-0.39, 0.29) is 12.0 Å². The molecule has 0 bridgehead atoms. The van der Waals surface area contributed by atoms with Crippen molar-refractivity contribution in [3.63, 3.8) is 0 Å². The number of aromatic nitrogens is 1. The summed E-state index contributed by atoms with van der Waals surface area (Å²) >= 11 is 0. The molecular weight excluding hydrogens is 266 g/mol. The number of amides is 1. The highest BCUT2D eigenvalue weighted by Crippen LogP contribution is 2.48. The lowest BCUT2D eigenvalue weighted by Crippen LogP contribution is -2.50. The van der Waals surface area contributed by atoms with Crippen molar-refractivity contribution < 1.29 is 9.90 Å². The van der Waals surface area contributed by atoms with Crippen LogP contribution in [-0.2, 0) is 4.79 Å². The fraction of sp³-hybridized carbons (Fsp3) is 0.625. The summed E-state index contributed by atoms with van der Waals surface area (Å²) in [6.07, 6.45) is 4.30. The van der Waals surface area contributed by atoms with Gasteiger partial charge in [0.05, 0.1) is 6.10 Å². The third-order valence-corrected chi connectivity index (χ3v) is 4.43. The summed E-state index contributed by atoms with van der Waals surface area (Å²) in [4.78, 5) is 20.9. The van der Waals surface area contributed by atoms with E-state index >= 15 is 0 Å². The summed E-state index contributed by atoms with van der Waals surface area (Å²) in [5, 5.41) is 9.41. The maximum atomic E-state index is 12.5. The monoisotopic (exact) mass is 289 g/mol. The molecule has 0 aromatic carbocycles. The van der Waals surface area contributed by atoms with E-state index in [2.05, 4.69) is 16.0 Å². The van der Waals surface area contributed by atoms with Crippen molar-refractivity contribution in [2.24, 2.45) is 5.92 Å². The first-order chi connectivity index (χ1) is 10.1. The zero-order chi connectivity index (χ0) is 14.8. The van der Waals surface area contributed by atoms with E-state index in [9.17, 15) is 9.90 Å². The quantitative estimate of drug-likeness (QED) is 0.887. The lowest BCUT2D eigenvalue weighted by atomic mass is 10.1. The molecule has 1 amide bonds. The van der Waals surface area contributed by atoms with Gasteiger partial charge in [0.25, 0.3) is 0 Å². The molecular formula is C16H23N3O2. The Bertz CT molecular complexity index is 484. The van der Waals surface area contributed by atoms with Gasteiger partial charge in [-0.2, -0.15) is 0 Å². The van der Waals surface area contributed by atoms with Crippen molar-refractivity contribution in [1.82, 2.24) is 14.8 Å². The molecule has 0 unspecified atom stereocenters.